The highest BCUT2D eigenvalue weighted by atomic mass is 35.5. The summed E-state index contributed by atoms with van der Waals surface area (Å²) in [5, 5.41) is 14.1. The highest BCUT2D eigenvalue weighted by Gasteiger charge is 2.27. The van der Waals surface area contributed by atoms with E-state index in [9.17, 15) is 13.2 Å². The summed E-state index contributed by atoms with van der Waals surface area (Å²) in [5.41, 5.74) is 3.28. The molecule has 5 aromatic rings. The molecule has 0 atom stereocenters. The van der Waals surface area contributed by atoms with Crippen molar-refractivity contribution in [3.05, 3.63) is 106 Å². The molecule has 5 rings (SSSR count). The van der Waals surface area contributed by atoms with Crippen LogP contribution < -0.4 is 4.74 Å². The van der Waals surface area contributed by atoms with E-state index in [2.05, 4.69) is 10.1 Å². The van der Waals surface area contributed by atoms with Crippen LogP contribution >= 0.6 is 23.2 Å². The molecule has 41 heavy (non-hydrogen) atoms. The van der Waals surface area contributed by atoms with Crippen molar-refractivity contribution in [3.8, 4) is 16.9 Å². The molecule has 0 aliphatic heterocycles. The minimum absolute atomic E-state index is 0.00455. The fraction of sp³-hybridized carbons (Fsp3) is 0.167. The standard InChI is InChI=1S/C30H24Cl2N2O6S/c1-2-4-28-22(27(34-40-28)17-41(37,38)29-23(31)5-3-6-24(29)32)16-39-21-11-7-18(8-12-21)19-9-13-25-20(15-19)10-14-26(33-25)30(35)36/h3,5-15H,2,4,16-17H2,1H3,(H,35,36). The number of halogens is 2. The number of carbonyl (C=O) groups is 1. The zero-order chi connectivity index (χ0) is 29.1. The fourth-order valence-electron chi connectivity index (χ4n) is 4.44. The smallest absolute Gasteiger partial charge is 0.354 e. The summed E-state index contributed by atoms with van der Waals surface area (Å²) in [6, 6.07) is 20.8. The summed E-state index contributed by atoms with van der Waals surface area (Å²) < 4.78 is 38.0. The SMILES string of the molecule is CCCc1onc(CS(=O)(=O)c2c(Cl)cccc2Cl)c1COc1ccc(-c2ccc3nc(C(=O)O)ccc3c2)cc1. The zero-order valence-corrected chi connectivity index (χ0v) is 24.1. The molecule has 0 spiro atoms. The van der Waals surface area contributed by atoms with Crippen molar-refractivity contribution in [1.82, 2.24) is 10.1 Å². The van der Waals surface area contributed by atoms with Gasteiger partial charge in [0.1, 0.15) is 40.2 Å². The summed E-state index contributed by atoms with van der Waals surface area (Å²) in [6.07, 6.45) is 1.35. The lowest BCUT2D eigenvalue weighted by atomic mass is 10.0. The number of carboxylic acid groups (broad SMARTS) is 1. The topological polar surface area (TPSA) is 120 Å². The number of ether oxygens (including phenoxy) is 1. The van der Waals surface area contributed by atoms with Gasteiger partial charge in [0.2, 0.25) is 0 Å². The molecule has 0 amide bonds. The summed E-state index contributed by atoms with van der Waals surface area (Å²) in [6.45, 7) is 2.05. The number of aromatic nitrogens is 2. The number of nitrogens with zero attached hydrogens (tertiary/aromatic N) is 2. The second-order valence-electron chi connectivity index (χ2n) is 9.31. The third kappa shape index (κ3) is 6.22. The first-order valence-electron chi connectivity index (χ1n) is 12.7. The van der Waals surface area contributed by atoms with E-state index < -0.39 is 21.6 Å². The molecule has 11 heteroatoms. The molecule has 0 aliphatic rings. The Morgan fingerprint density at radius 3 is 2.37 bits per heavy atom. The molecule has 0 saturated carbocycles. The minimum Gasteiger partial charge on any atom is -0.489 e. The van der Waals surface area contributed by atoms with Crippen molar-refractivity contribution >= 4 is 49.9 Å². The Labute approximate surface area is 246 Å². The summed E-state index contributed by atoms with van der Waals surface area (Å²) in [5.74, 6) is -0.367. The number of rotatable bonds is 10. The maximum absolute atomic E-state index is 13.2. The van der Waals surface area contributed by atoms with E-state index >= 15 is 0 Å². The van der Waals surface area contributed by atoms with Gasteiger partial charge in [-0.2, -0.15) is 0 Å². The number of fused-ring (bicyclic) bond motifs is 1. The zero-order valence-electron chi connectivity index (χ0n) is 21.8. The van der Waals surface area contributed by atoms with E-state index in [4.69, 9.17) is 37.6 Å². The van der Waals surface area contributed by atoms with Crippen LogP contribution in [0.5, 0.6) is 5.75 Å². The van der Waals surface area contributed by atoms with Gasteiger partial charge in [-0.15, -0.1) is 0 Å². The molecule has 0 radical (unpaired) electrons. The van der Waals surface area contributed by atoms with E-state index in [0.717, 1.165) is 22.9 Å². The van der Waals surface area contributed by atoms with Crippen LogP contribution in [0.1, 0.15) is 40.9 Å². The Balaban J connectivity index is 1.34. The molecule has 0 saturated heterocycles. The van der Waals surface area contributed by atoms with Gasteiger partial charge in [0.25, 0.3) is 0 Å². The molecule has 2 aromatic heterocycles. The van der Waals surface area contributed by atoms with Gasteiger partial charge in [0, 0.05) is 11.8 Å². The maximum atomic E-state index is 13.2. The first kappa shape index (κ1) is 28.6. The molecule has 8 nitrogen and oxygen atoms in total. The maximum Gasteiger partial charge on any atom is 0.354 e. The summed E-state index contributed by atoms with van der Waals surface area (Å²) >= 11 is 12.3. The van der Waals surface area contributed by atoms with Gasteiger partial charge < -0.3 is 14.4 Å². The van der Waals surface area contributed by atoms with Crippen LogP contribution in [-0.4, -0.2) is 29.6 Å². The van der Waals surface area contributed by atoms with Crippen LogP contribution in [0, 0.1) is 0 Å². The van der Waals surface area contributed by atoms with Crippen molar-refractivity contribution in [2.24, 2.45) is 0 Å². The average Bonchev–Trinajstić information content (AvgIpc) is 3.31. The Kier molecular flexibility index (Phi) is 8.30. The molecular formula is C30H24Cl2N2O6S. The van der Waals surface area contributed by atoms with Crippen molar-refractivity contribution in [2.45, 2.75) is 37.0 Å². The predicted molar refractivity (Wildman–Crippen MR) is 156 cm³/mol. The molecule has 0 unspecified atom stereocenters. The van der Waals surface area contributed by atoms with Gasteiger partial charge in [-0.05, 0) is 60.0 Å². The van der Waals surface area contributed by atoms with E-state index in [1.165, 1.54) is 18.2 Å². The third-order valence-electron chi connectivity index (χ3n) is 6.46. The van der Waals surface area contributed by atoms with Crippen molar-refractivity contribution in [2.75, 3.05) is 0 Å². The molecule has 1 N–H and O–H groups in total. The van der Waals surface area contributed by atoms with Crippen molar-refractivity contribution in [3.63, 3.8) is 0 Å². The number of pyridine rings is 1. The van der Waals surface area contributed by atoms with E-state index in [-0.39, 0.29) is 32.9 Å². The summed E-state index contributed by atoms with van der Waals surface area (Å²) in [4.78, 5) is 15.2. The Morgan fingerprint density at radius 2 is 1.68 bits per heavy atom. The van der Waals surface area contributed by atoms with Gasteiger partial charge in [-0.3, -0.25) is 0 Å². The van der Waals surface area contributed by atoms with E-state index in [1.807, 2.05) is 43.3 Å². The average molecular weight is 612 g/mol. The monoisotopic (exact) mass is 610 g/mol. The lowest BCUT2D eigenvalue weighted by Crippen LogP contribution is -2.10. The largest absolute Gasteiger partial charge is 0.489 e. The number of sulfone groups is 1. The normalized spacial score (nSPS) is 11.6. The molecule has 0 fully saturated rings. The Bertz CT molecular complexity index is 1830. The quantitative estimate of drug-likeness (QED) is 0.174. The van der Waals surface area contributed by atoms with Crippen LogP contribution in [0.4, 0.5) is 0 Å². The van der Waals surface area contributed by atoms with Crippen molar-refractivity contribution in [1.29, 1.82) is 0 Å². The van der Waals surface area contributed by atoms with Gasteiger partial charge in [-0.1, -0.05) is 65.6 Å². The predicted octanol–water partition coefficient (Wildman–Crippen LogP) is 7.40. The first-order valence-corrected chi connectivity index (χ1v) is 15.1. The highest BCUT2D eigenvalue weighted by Crippen LogP contribution is 2.33. The number of hydrogen-bond acceptors (Lipinski definition) is 7. The minimum atomic E-state index is -3.92. The van der Waals surface area contributed by atoms with Crippen LogP contribution in [0.2, 0.25) is 10.0 Å². The molecule has 2 heterocycles. The van der Waals surface area contributed by atoms with E-state index in [0.29, 0.717) is 29.0 Å². The van der Waals surface area contributed by atoms with Gasteiger partial charge >= 0.3 is 5.97 Å². The number of benzene rings is 3. The number of aryl methyl sites for hydroxylation is 1. The van der Waals surface area contributed by atoms with Gasteiger partial charge in [-0.25, -0.2) is 18.2 Å². The van der Waals surface area contributed by atoms with Crippen molar-refractivity contribution < 1.29 is 27.6 Å². The number of aromatic carboxylic acids is 1. The lowest BCUT2D eigenvalue weighted by molar-refractivity contribution is 0.0691. The number of carboxylic acids is 1. The molecule has 0 bridgehead atoms. The lowest BCUT2D eigenvalue weighted by Gasteiger charge is -2.10. The highest BCUT2D eigenvalue weighted by molar-refractivity contribution is 7.90. The van der Waals surface area contributed by atoms with Crippen LogP contribution in [0.25, 0.3) is 22.0 Å². The molecule has 0 aliphatic carbocycles. The Hall–Kier alpha value is -3.92. The van der Waals surface area contributed by atoms with Crippen LogP contribution in [-0.2, 0) is 28.6 Å². The van der Waals surface area contributed by atoms with Crippen LogP contribution in [0.3, 0.4) is 0 Å². The third-order valence-corrected chi connectivity index (χ3v) is 9.03. The van der Waals surface area contributed by atoms with Gasteiger partial charge in [0.05, 0.1) is 21.1 Å². The summed E-state index contributed by atoms with van der Waals surface area (Å²) in [7, 11) is -3.92. The second kappa shape index (κ2) is 11.9. The van der Waals surface area contributed by atoms with E-state index in [1.54, 1.807) is 18.2 Å². The second-order valence-corrected chi connectivity index (χ2v) is 12.1. The molecule has 3 aromatic carbocycles. The fourth-order valence-corrected chi connectivity index (χ4v) is 7.00. The number of hydrogen-bond donors (Lipinski definition) is 1. The van der Waals surface area contributed by atoms with Gasteiger partial charge in [0.15, 0.2) is 9.84 Å². The molecular weight excluding hydrogens is 587 g/mol. The molecule has 210 valence electrons. The first-order chi connectivity index (χ1) is 19.7. The Morgan fingerprint density at radius 1 is 0.976 bits per heavy atom. The van der Waals surface area contributed by atoms with Crippen LogP contribution in [0.15, 0.2) is 82.2 Å².